The fourth-order valence-electron chi connectivity index (χ4n) is 8.58. The normalized spacial score (nSPS) is 30.2. The van der Waals surface area contributed by atoms with Gasteiger partial charge in [0.25, 0.3) is 0 Å². The smallest absolute Gasteiger partial charge is 0.323 e. The van der Waals surface area contributed by atoms with Crippen LogP contribution in [0.15, 0.2) is 30.3 Å². The van der Waals surface area contributed by atoms with Gasteiger partial charge in [-0.15, -0.1) is 0 Å². The topological polar surface area (TPSA) is 87.5 Å². The molecule has 4 aliphatic carbocycles. The van der Waals surface area contributed by atoms with Crippen molar-refractivity contribution >= 4 is 16.0 Å². The lowest BCUT2D eigenvalue weighted by Crippen LogP contribution is -2.54. The molecule has 1 aromatic rings. The molecule has 5 rings (SSSR count). The molecule has 0 aromatic heterocycles. The van der Waals surface area contributed by atoms with Gasteiger partial charge in [-0.1, -0.05) is 82.7 Å². The molecular weight excluding hydrogens is 508 g/mol. The molecule has 0 radical (unpaired) electrons. The molecule has 0 unspecified atom stereocenters. The monoisotopic (exact) mass is 554 g/mol. The largest absolute Gasteiger partial charge is 0.461 e. The Hall–Kier alpha value is -1.91. The van der Waals surface area contributed by atoms with E-state index >= 15 is 0 Å². The van der Waals surface area contributed by atoms with Gasteiger partial charge in [-0.2, -0.15) is 9.57 Å². The highest BCUT2D eigenvalue weighted by atomic mass is 32.2. The van der Waals surface area contributed by atoms with E-state index in [4.69, 9.17) is 4.74 Å². The number of hydrogen-bond acceptors (Lipinski definition) is 5. The molecular formula is C32H46N2O4S. The van der Waals surface area contributed by atoms with E-state index in [9.17, 15) is 18.5 Å². The summed E-state index contributed by atoms with van der Waals surface area (Å²) >= 11 is 0. The van der Waals surface area contributed by atoms with E-state index in [1.54, 1.807) is 0 Å². The van der Waals surface area contributed by atoms with Crippen LogP contribution in [0.4, 0.5) is 0 Å². The van der Waals surface area contributed by atoms with Crippen LogP contribution in [0.1, 0.15) is 103 Å². The lowest BCUT2D eigenvalue weighted by molar-refractivity contribution is -0.159. The molecule has 0 spiro atoms. The Morgan fingerprint density at radius 1 is 1.00 bits per heavy atom. The molecule has 214 valence electrons. The molecule has 6 nitrogen and oxygen atoms in total. The molecule has 0 N–H and O–H groups in total. The summed E-state index contributed by atoms with van der Waals surface area (Å²) in [6.45, 7) is 4.37. The standard InChI is InChI=1S/C32H46N2O4S/c1-31(2)26-18-19-32(31,29(21-26)38-30(35)25(22-33)20-24-12-6-3-7-13-24)23-39(36,37)34(27-14-8-4-9-15-27)28-16-10-5-11-17-28/h3,6-7,12-13,25-29H,4-5,8-11,14-21,23H2,1-2H3/t25-,26+,29+,32+/m0/s1. The molecule has 0 heterocycles. The van der Waals surface area contributed by atoms with Crippen LogP contribution in [0.3, 0.4) is 0 Å². The van der Waals surface area contributed by atoms with Crippen molar-refractivity contribution in [1.82, 2.24) is 4.31 Å². The molecule has 7 heteroatoms. The molecule has 0 saturated heterocycles. The van der Waals surface area contributed by atoms with Gasteiger partial charge < -0.3 is 4.74 Å². The minimum absolute atomic E-state index is 0.0460. The number of nitriles is 1. The van der Waals surface area contributed by atoms with Crippen LogP contribution in [0.25, 0.3) is 0 Å². The maximum absolute atomic E-state index is 14.6. The number of benzene rings is 1. The maximum Gasteiger partial charge on any atom is 0.323 e. The molecule has 4 aliphatic rings. The van der Waals surface area contributed by atoms with Crippen LogP contribution in [0.2, 0.25) is 0 Å². The molecule has 4 atom stereocenters. The maximum atomic E-state index is 14.6. The average Bonchev–Trinajstić information content (AvgIpc) is 3.28. The molecule has 2 bridgehead atoms. The summed E-state index contributed by atoms with van der Waals surface area (Å²) in [5, 5.41) is 9.82. The van der Waals surface area contributed by atoms with Gasteiger partial charge in [0, 0.05) is 17.5 Å². The number of sulfonamides is 1. The number of ether oxygens (including phenoxy) is 1. The molecule has 4 saturated carbocycles. The highest BCUT2D eigenvalue weighted by molar-refractivity contribution is 7.89. The van der Waals surface area contributed by atoms with E-state index in [-0.39, 0.29) is 23.3 Å². The SMILES string of the molecule is CC1(C)[C@@H]2CC[C@@]1(CS(=O)(=O)N(C1CCCCC1)C1CCCCC1)[C@H](OC(=O)[C@H](C#N)Cc1ccccc1)C2. The van der Waals surface area contributed by atoms with Crippen molar-refractivity contribution in [3.05, 3.63) is 35.9 Å². The van der Waals surface area contributed by atoms with Crippen LogP contribution in [-0.4, -0.2) is 42.6 Å². The van der Waals surface area contributed by atoms with Crippen LogP contribution < -0.4 is 0 Å². The van der Waals surface area contributed by atoms with Crippen LogP contribution in [-0.2, 0) is 26.0 Å². The second-order valence-corrected chi connectivity index (χ2v) is 15.2. The van der Waals surface area contributed by atoms with Crippen molar-refractivity contribution in [2.75, 3.05) is 5.75 Å². The lowest BCUT2D eigenvalue weighted by Gasteiger charge is -2.46. The van der Waals surface area contributed by atoms with Crippen LogP contribution >= 0.6 is 0 Å². The van der Waals surface area contributed by atoms with E-state index in [0.29, 0.717) is 18.8 Å². The van der Waals surface area contributed by atoms with Gasteiger partial charge in [0.2, 0.25) is 10.0 Å². The summed E-state index contributed by atoms with van der Waals surface area (Å²) in [6.07, 6.45) is 12.8. The first-order valence-corrected chi connectivity index (χ1v) is 16.9. The number of fused-ring (bicyclic) bond motifs is 2. The highest BCUT2D eigenvalue weighted by Gasteiger charge is 2.67. The van der Waals surface area contributed by atoms with Crippen molar-refractivity contribution in [2.45, 2.75) is 122 Å². The molecule has 1 aromatic carbocycles. The van der Waals surface area contributed by atoms with Crippen molar-refractivity contribution < 1.29 is 17.9 Å². The van der Waals surface area contributed by atoms with Gasteiger partial charge in [-0.25, -0.2) is 8.42 Å². The van der Waals surface area contributed by atoms with Gasteiger partial charge in [0.15, 0.2) is 0 Å². The lowest BCUT2D eigenvalue weighted by atomic mass is 9.69. The number of carbonyl (C=O) groups excluding carboxylic acids is 1. The first kappa shape index (κ1) is 28.6. The Balaban J connectivity index is 1.40. The van der Waals surface area contributed by atoms with Gasteiger partial charge in [-0.3, -0.25) is 4.79 Å². The third-order valence-electron chi connectivity index (χ3n) is 11.0. The molecule has 0 aliphatic heterocycles. The zero-order valence-corrected chi connectivity index (χ0v) is 24.6. The molecule has 0 amide bonds. The highest BCUT2D eigenvalue weighted by Crippen LogP contribution is 2.67. The second-order valence-electron chi connectivity index (χ2n) is 13.3. The van der Waals surface area contributed by atoms with E-state index in [0.717, 1.165) is 69.8 Å². The minimum Gasteiger partial charge on any atom is -0.461 e. The predicted octanol–water partition coefficient (Wildman–Crippen LogP) is 6.40. The fourth-order valence-corrected chi connectivity index (χ4v) is 11.4. The Kier molecular flexibility index (Phi) is 8.46. The quantitative estimate of drug-likeness (QED) is 0.330. The number of carbonyl (C=O) groups is 1. The van der Waals surface area contributed by atoms with E-state index < -0.39 is 33.4 Å². The summed E-state index contributed by atoms with van der Waals surface area (Å²) < 4.78 is 37.3. The van der Waals surface area contributed by atoms with Crippen molar-refractivity contribution in [1.29, 1.82) is 5.26 Å². The van der Waals surface area contributed by atoms with E-state index in [2.05, 4.69) is 19.9 Å². The third-order valence-corrected chi connectivity index (χ3v) is 13.1. The summed E-state index contributed by atoms with van der Waals surface area (Å²) in [6, 6.07) is 11.9. The number of rotatable bonds is 9. The van der Waals surface area contributed by atoms with Crippen LogP contribution in [0.5, 0.6) is 0 Å². The van der Waals surface area contributed by atoms with Gasteiger partial charge in [0.05, 0.1) is 11.8 Å². The Morgan fingerprint density at radius 2 is 1.59 bits per heavy atom. The zero-order valence-electron chi connectivity index (χ0n) is 23.8. The minimum atomic E-state index is -3.59. The Labute approximate surface area is 235 Å². The fraction of sp³-hybridized carbons (Fsp3) is 0.750. The van der Waals surface area contributed by atoms with Gasteiger partial charge in [-0.05, 0) is 68.3 Å². The van der Waals surface area contributed by atoms with Gasteiger partial charge in [0.1, 0.15) is 12.0 Å². The zero-order chi connectivity index (χ0) is 27.7. The number of nitrogens with zero attached hydrogens (tertiary/aromatic N) is 2. The third kappa shape index (κ3) is 5.53. The van der Waals surface area contributed by atoms with E-state index in [1.165, 1.54) is 12.8 Å². The Bertz CT molecular complexity index is 1130. The Morgan fingerprint density at radius 3 is 2.13 bits per heavy atom. The molecule has 4 fully saturated rings. The number of esters is 1. The predicted molar refractivity (Wildman–Crippen MR) is 152 cm³/mol. The van der Waals surface area contributed by atoms with E-state index in [1.807, 2.05) is 34.6 Å². The average molecular weight is 555 g/mol. The summed E-state index contributed by atoms with van der Waals surface area (Å²) in [7, 11) is -3.59. The van der Waals surface area contributed by atoms with Crippen molar-refractivity contribution in [2.24, 2.45) is 22.7 Å². The first-order chi connectivity index (χ1) is 18.7. The number of hydrogen-bond donors (Lipinski definition) is 0. The van der Waals surface area contributed by atoms with Gasteiger partial charge >= 0.3 is 5.97 Å². The van der Waals surface area contributed by atoms with Crippen LogP contribution in [0, 0.1) is 34.0 Å². The summed E-state index contributed by atoms with van der Waals surface area (Å²) in [5.74, 6) is -1.05. The second kappa shape index (κ2) is 11.5. The summed E-state index contributed by atoms with van der Waals surface area (Å²) in [4.78, 5) is 13.4. The summed E-state index contributed by atoms with van der Waals surface area (Å²) in [5.41, 5.74) is 0.0416. The van der Waals surface area contributed by atoms with Crippen molar-refractivity contribution in [3.63, 3.8) is 0 Å². The molecule has 39 heavy (non-hydrogen) atoms. The van der Waals surface area contributed by atoms with Crippen molar-refractivity contribution in [3.8, 4) is 6.07 Å². The first-order valence-electron chi connectivity index (χ1n) is 15.3.